The van der Waals surface area contributed by atoms with Crippen molar-refractivity contribution >= 4 is 29.0 Å². The molecule has 0 spiro atoms. The molecule has 0 radical (unpaired) electrons. The maximum absolute atomic E-state index is 12.1. The molecule has 14 heavy (non-hydrogen) atoms. The minimum Gasteiger partial charge on any atom is -0.232 e. The number of aromatic nitrogens is 1. The van der Waals surface area contributed by atoms with E-state index >= 15 is 0 Å². The van der Waals surface area contributed by atoms with Crippen LogP contribution in [-0.2, 0) is 6.18 Å². The summed E-state index contributed by atoms with van der Waals surface area (Å²) < 4.78 is 36.3. The van der Waals surface area contributed by atoms with Crippen molar-refractivity contribution in [3.63, 3.8) is 0 Å². The molecule has 0 unspecified atom stereocenters. The number of allylic oxidation sites excluding steroid dienone is 1. The largest absolute Gasteiger partial charge is 0.434 e. The summed E-state index contributed by atoms with van der Waals surface area (Å²) in [4.78, 5) is 3.42. The van der Waals surface area contributed by atoms with Crippen LogP contribution in [0.1, 0.15) is 17.1 Å². The van der Waals surface area contributed by atoms with Crippen LogP contribution in [0, 0.1) is 0 Å². The quantitative estimate of drug-likeness (QED) is 0.734. The van der Waals surface area contributed by atoms with E-state index in [0.29, 0.717) is 17.3 Å². The smallest absolute Gasteiger partial charge is 0.232 e. The van der Waals surface area contributed by atoms with Crippen molar-refractivity contribution in [2.75, 3.05) is 5.88 Å². The van der Waals surface area contributed by atoms with Crippen molar-refractivity contribution < 1.29 is 13.2 Å². The Hall–Kier alpha value is -0.550. The van der Waals surface area contributed by atoms with Crippen molar-refractivity contribution in [3.05, 3.63) is 22.2 Å². The maximum Gasteiger partial charge on any atom is 0.434 e. The van der Waals surface area contributed by atoms with Gasteiger partial charge in [-0.3, -0.25) is 0 Å². The molecule has 0 N–H and O–H groups in total. The lowest BCUT2D eigenvalue weighted by molar-refractivity contribution is -0.140. The summed E-state index contributed by atoms with van der Waals surface area (Å²) in [5.41, 5.74) is -0.840. The van der Waals surface area contributed by atoms with Crippen LogP contribution in [0.3, 0.4) is 0 Å². The van der Waals surface area contributed by atoms with Gasteiger partial charge in [-0.1, -0.05) is 6.08 Å². The normalized spacial score (nSPS) is 12.6. The Morgan fingerprint density at radius 2 is 2.21 bits per heavy atom. The fourth-order valence-corrected chi connectivity index (χ4v) is 1.61. The van der Waals surface area contributed by atoms with Gasteiger partial charge in [-0.2, -0.15) is 13.2 Å². The lowest BCUT2D eigenvalue weighted by Gasteiger charge is -1.99. The monoisotopic (exact) mass is 241 g/mol. The molecule has 78 valence electrons. The zero-order valence-electron chi connectivity index (χ0n) is 7.01. The molecule has 0 aliphatic heterocycles. The second-order valence-corrected chi connectivity index (χ2v) is 3.72. The van der Waals surface area contributed by atoms with Gasteiger partial charge in [0, 0.05) is 11.3 Å². The highest BCUT2D eigenvalue weighted by molar-refractivity contribution is 7.10. The van der Waals surface area contributed by atoms with Crippen LogP contribution in [-0.4, -0.2) is 10.9 Å². The van der Waals surface area contributed by atoms with Gasteiger partial charge in [0.2, 0.25) is 0 Å². The van der Waals surface area contributed by atoms with E-state index < -0.39 is 11.9 Å². The van der Waals surface area contributed by atoms with Crippen LogP contribution < -0.4 is 0 Å². The first-order chi connectivity index (χ1) is 6.54. The number of nitrogens with zero attached hydrogens (tertiary/aromatic N) is 1. The summed E-state index contributed by atoms with van der Waals surface area (Å²) in [5.74, 6) is 0.452. The molecule has 0 saturated heterocycles. The van der Waals surface area contributed by atoms with Crippen molar-refractivity contribution in [3.8, 4) is 0 Å². The van der Waals surface area contributed by atoms with Gasteiger partial charge in [-0.15, -0.1) is 22.9 Å². The SMILES string of the molecule is FC(F)(F)c1csc(C=CCCCl)n1. The Balaban J connectivity index is 2.69. The van der Waals surface area contributed by atoms with E-state index in [1.165, 1.54) is 0 Å². The first-order valence-electron chi connectivity index (χ1n) is 3.79. The summed E-state index contributed by atoms with van der Waals surface area (Å²) in [6.07, 6.45) is -0.480. The molecule has 1 aromatic rings. The summed E-state index contributed by atoms with van der Waals surface area (Å²) in [5, 5.41) is 1.35. The molecule has 0 aliphatic rings. The number of rotatable bonds is 3. The molecule has 1 rings (SSSR count). The Morgan fingerprint density at radius 1 is 1.50 bits per heavy atom. The van der Waals surface area contributed by atoms with Crippen LogP contribution in [0.15, 0.2) is 11.5 Å². The molecule has 0 aromatic carbocycles. The summed E-state index contributed by atoms with van der Waals surface area (Å²) in [6, 6.07) is 0. The lowest BCUT2D eigenvalue weighted by Crippen LogP contribution is -2.04. The number of halogens is 4. The second-order valence-electron chi connectivity index (χ2n) is 2.45. The van der Waals surface area contributed by atoms with Crippen molar-refractivity contribution in [2.24, 2.45) is 0 Å². The number of hydrogen-bond acceptors (Lipinski definition) is 2. The molecule has 0 atom stereocenters. The first kappa shape index (κ1) is 11.5. The Labute approximate surface area is 88.2 Å². The third-order valence-corrected chi connectivity index (χ3v) is 2.38. The van der Waals surface area contributed by atoms with Gasteiger partial charge >= 0.3 is 6.18 Å². The molecule has 0 aliphatic carbocycles. The maximum atomic E-state index is 12.1. The van der Waals surface area contributed by atoms with Crippen molar-refractivity contribution in [1.29, 1.82) is 0 Å². The average molecular weight is 242 g/mol. The van der Waals surface area contributed by atoms with Crippen LogP contribution >= 0.6 is 22.9 Å². The molecule has 0 fully saturated rings. The minimum absolute atomic E-state index is 0.349. The standard InChI is InChI=1S/C8H7ClF3NS/c9-4-2-1-3-7-13-6(5-14-7)8(10,11)12/h1,3,5H,2,4H2. The van der Waals surface area contributed by atoms with Gasteiger partial charge in [0.15, 0.2) is 5.69 Å². The summed E-state index contributed by atoms with van der Waals surface area (Å²) >= 11 is 6.36. The van der Waals surface area contributed by atoms with Gasteiger partial charge in [0.05, 0.1) is 0 Å². The molecule has 0 saturated carbocycles. The van der Waals surface area contributed by atoms with E-state index in [2.05, 4.69) is 4.98 Å². The van der Waals surface area contributed by atoms with E-state index in [-0.39, 0.29) is 0 Å². The van der Waals surface area contributed by atoms with Gasteiger partial charge in [-0.25, -0.2) is 4.98 Å². The van der Waals surface area contributed by atoms with E-state index in [1.54, 1.807) is 12.2 Å². The number of alkyl halides is 4. The first-order valence-corrected chi connectivity index (χ1v) is 5.20. The van der Waals surface area contributed by atoms with Gasteiger partial charge < -0.3 is 0 Å². The van der Waals surface area contributed by atoms with E-state index in [9.17, 15) is 13.2 Å². The summed E-state index contributed by atoms with van der Waals surface area (Å²) in [7, 11) is 0. The highest BCUT2D eigenvalue weighted by Crippen LogP contribution is 2.30. The Bertz CT molecular complexity index is 319. The molecule has 1 aromatic heterocycles. The van der Waals surface area contributed by atoms with Crippen molar-refractivity contribution in [1.82, 2.24) is 4.98 Å². The van der Waals surface area contributed by atoms with E-state index in [0.717, 1.165) is 16.7 Å². The van der Waals surface area contributed by atoms with Gasteiger partial charge in [-0.05, 0) is 12.5 Å². The Kier molecular flexibility index (Phi) is 3.95. The fourth-order valence-electron chi connectivity index (χ4n) is 0.742. The molecule has 1 heterocycles. The molecule has 0 amide bonds. The second kappa shape index (κ2) is 4.79. The van der Waals surface area contributed by atoms with Crippen molar-refractivity contribution in [2.45, 2.75) is 12.6 Å². The number of hydrogen-bond donors (Lipinski definition) is 0. The van der Waals surface area contributed by atoms with Gasteiger partial charge in [0.1, 0.15) is 5.01 Å². The molecular formula is C8H7ClF3NS. The minimum atomic E-state index is -4.35. The van der Waals surface area contributed by atoms with Crippen LogP contribution in [0.2, 0.25) is 0 Å². The third-order valence-electron chi connectivity index (χ3n) is 1.35. The van der Waals surface area contributed by atoms with Crippen LogP contribution in [0.5, 0.6) is 0 Å². The highest BCUT2D eigenvalue weighted by Gasteiger charge is 2.33. The number of thiazole rings is 1. The zero-order valence-corrected chi connectivity index (χ0v) is 8.59. The average Bonchev–Trinajstić information content (AvgIpc) is 2.52. The third kappa shape index (κ3) is 3.31. The topological polar surface area (TPSA) is 12.9 Å². The van der Waals surface area contributed by atoms with Crippen LogP contribution in [0.25, 0.3) is 6.08 Å². The fraction of sp³-hybridized carbons (Fsp3) is 0.375. The molecule has 1 nitrogen and oxygen atoms in total. The predicted molar refractivity (Wildman–Crippen MR) is 51.5 cm³/mol. The molecule has 0 bridgehead atoms. The van der Waals surface area contributed by atoms with E-state index in [4.69, 9.17) is 11.6 Å². The molecular weight excluding hydrogens is 235 g/mol. The van der Waals surface area contributed by atoms with Gasteiger partial charge in [0.25, 0.3) is 0 Å². The summed E-state index contributed by atoms with van der Waals surface area (Å²) in [6.45, 7) is 0. The lowest BCUT2D eigenvalue weighted by atomic mass is 10.4. The van der Waals surface area contributed by atoms with Crippen LogP contribution in [0.4, 0.5) is 13.2 Å². The zero-order chi connectivity index (χ0) is 10.6. The molecule has 6 heteroatoms. The Morgan fingerprint density at radius 3 is 2.71 bits per heavy atom. The van der Waals surface area contributed by atoms with E-state index in [1.807, 2.05) is 0 Å². The predicted octanol–water partition coefficient (Wildman–Crippen LogP) is 3.80. The highest BCUT2D eigenvalue weighted by atomic mass is 35.5.